The van der Waals surface area contributed by atoms with Crippen LogP contribution < -0.4 is 0 Å². The van der Waals surface area contributed by atoms with Crippen LogP contribution in [0.4, 0.5) is 0 Å². The fourth-order valence-electron chi connectivity index (χ4n) is 8.37. The molecule has 1 heterocycles. The summed E-state index contributed by atoms with van der Waals surface area (Å²) in [5, 5.41) is 2.46. The van der Waals surface area contributed by atoms with Crippen LogP contribution in [-0.4, -0.2) is 9.97 Å². The van der Waals surface area contributed by atoms with Crippen LogP contribution >= 0.6 is 0 Å². The molecule has 0 saturated heterocycles. The van der Waals surface area contributed by atoms with E-state index in [0.717, 1.165) is 39.5 Å². The molecule has 1 aliphatic rings. The first-order chi connectivity index (χ1) is 27.0. The smallest absolute Gasteiger partial charge is 0.160 e. The summed E-state index contributed by atoms with van der Waals surface area (Å²) in [6, 6.07) is 69.7. The van der Waals surface area contributed by atoms with Gasteiger partial charge in [0.2, 0.25) is 0 Å². The highest BCUT2D eigenvalue weighted by Crippen LogP contribution is 2.52. The summed E-state index contributed by atoms with van der Waals surface area (Å²) in [4.78, 5) is 10.7. The highest BCUT2D eigenvalue weighted by molar-refractivity contribution is 5.95. The Labute approximate surface area is 322 Å². The predicted octanol–water partition coefficient (Wildman–Crippen LogP) is 13.9. The molecule has 8 aromatic carbocycles. The minimum atomic E-state index is -0.296. The summed E-state index contributed by atoms with van der Waals surface area (Å²) in [5.74, 6) is 0.742. The van der Waals surface area contributed by atoms with Crippen molar-refractivity contribution in [3.8, 4) is 78.4 Å². The first kappa shape index (κ1) is 32.7. The zero-order valence-corrected chi connectivity index (χ0v) is 30.9. The molecule has 0 radical (unpaired) electrons. The molecule has 2 heteroatoms. The van der Waals surface area contributed by atoms with Gasteiger partial charge in [0, 0.05) is 27.7 Å². The van der Waals surface area contributed by atoms with Gasteiger partial charge in [-0.1, -0.05) is 166 Å². The number of benzene rings is 8. The van der Waals surface area contributed by atoms with Crippen molar-refractivity contribution in [1.29, 1.82) is 0 Å². The molecule has 260 valence electrons. The Morgan fingerprint density at radius 3 is 1.31 bits per heavy atom. The Morgan fingerprint density at radius 2 is 0.727 bits per heavy atom. The Morgan fingerprint density at radius 1 is 0.327 bits per heavy atom. The third-order valence-corrected chi connectivity index (χ3v) is 11.2. The van der Waals surface area contributed by atoms with E-state index in [1.807, 2.05) is 6.07 Å². The van der Waals surface area contributed by atoms with Gasteiger partial charge in [-0.15, -0.1) is 0 Å². The van der Waals surface area contributed by atoms with Crippen LogP contribution in [-0.2, 0) is 5.41 Å². The first-order valence-corrected chi connectivity index (χ1v) is 19.0. The Bertz CT molecular complexity index is 2820. The molecular weight excluding hydrogens is 665 g/mol. The van der Waals surface area contributed by atoms with Crippen molar-refractivity contribution >= 4 is 10.8 Å². The molecule has 10 rings (SSSR count). The zero-order valence-electron chi connectivity index (χ0n) is 30.9. The molecule has 1 aromatic heterocycles. The molecule has 0 aliphatic heterocycles. The molecule has 2 nitrogen and oxygen atoms in total. The van der Waals surface area contributed by atoms with Crippen LogP contribution in [0.25, 0.3) is 89.2 Å². The van der Waals surface area contributed by atoms with Gasteiger partial charge in [0.15, 0.2) is 5.82 Å². The number of nitrogens with zero attached hydrogens (tertiary/aromatic N) is 2. The van der Waals surface area contributed by atoms with Gasteiger partial charge in [-0.3, -0.25) is 0 Å². The monoisotopic (exact) mass is 702 g/mol. The summed E-state index contributed by atoms with van der Waals surface area (Å²) in [7, 11) is 0. The summed E-state index contributed by atoms with van der Waals surface area (Å²) >= 11 is 0. The van der Waals surface area contributed by atoms with Gasteiger partial charge in [-0.05, 0) is 103 Å². The van der Waals surface area contributed by atoms with Crippen LogP contribution in [0.1, 0.15) is 25.0 Å². The number of rotatable bonds is 6. The van der Waals surface area contributed by atoms with Crippen molar-refractivity contribution in [2.24, 2.45) is 0 Å². The number of hydrogen-bond acceptors (Lipinski definition) is 2. The lowest BCUT2D eigenvalue weighted by Crippen LogP contribution is -2.17. The van der Waals surface area contributed by atoms with Gasteiger partial charge in [0.1, 0.15) is 0 Å². The third kappa shape index (κ3) is 5.84. The molecule has 0 N–H and O–H groups in total. The minimum absolute atomic E-state index is 0.296. The van der Waals surface area contributed by atoms with E-state index >= 15 is 0 Å². The number of hydrogen-bond donors (Lipinski definition) is 0. The van der Waals surface area contributed by atoms with E-state index in [4.69, 9.17) is 9.97 Å². The van der Waals surface area contributed by atoms with E-state index in [-0.39, 0.29) is 5.41 Å². The molecule has 0 bridgehead atoms. The molecule has 0 atom stereocenters. The van der Waals surface area contributed by atoms with E-state index in [9.17, 15) is 0 Å². The molecule has 1 aliphatic carbocycles. The Balaban J connectivity index is 1.11. The second-order valence-electron chi connectivity index (χ2n) is 15.0. The van der Waals surface area contributed by atoms with Crippen molar-refractivity contribution in [2.75, 3.05) is 0 Å². The Hall–Kier alpha value is -6.90. The Kier molecular flexibility index (Phi) is 7.85. The fourth-order valence-corrected chi connectivity index (χ4v) is 8.37. The van der Waals surface area contributed by atoms with Crippen LogP contribution in [0.15, 0.2) is 194 Å². The van der Waals surface area contributed by atoms with Gasteiger partial charge in [0.05, 0.1) is 11.4 Å². The van der Waals surface area contributed by atoms with Crippen LogP contribution in [0.5, 0.6) is 0 Å². The van der Waals surface area contributed by atoms with Crippen LogP contribution in [0.3, 0.4) is 0 Å². The molecule has 0 amide bonds. The minimum Gasteiger partial charge on any atom is -0.228 e. The van der Waals surface area contributed by atoms with Crippen molar-refractivity contribution in [2.45, 2.75) is 19.3 Å². The van der Waals surface area contributed by atoms with Gasteiger partial charge in [-0.2, -0.15) is 0 Å². The van der Waals surface area contributed by atoms with Gasteiger partial charge in [-0.25, -0.2) is 9.97 Å². The number of fused-ring (bicyclic) bond motifs is 4. The van der Waals surface area contributed by atoms with Crippen molar-refractivity contribution < 1.29 is 0 Å². The maximum atomic E-state index is 5.40. The molecule has 9 aromatic rings. The van der Waals surface area contributed by atoms with E-state index < -0.39 is 0 Å². The van der Waals surface area contributed by atoms with E-state index in [1.54, 1.807) is 0 Å². The fraction of sp³-hybridized carbons (Fsp3) is 0.0566. The predicted molar refractivity (Wildman–Crippen MR) is 230 cm³/mol. The van der Waals surface area contributed by atoms with Crippen molar-refractivity contribution in [3.63, 3.8) is 0 Å². The zero-order chi connectivity index (χ0) is 36.9. The normalized spacial score (nSPS) is 12.7. The summed E-state index contributed by atoms with van der Waals surface area (Å²) in [5.41, 5.74) is 16.9. The van der Waals surface area contributed by atoms with E-state index in [1.165, 1.54) is 60.8 Å². The maximum absolute atomic E-state index is 5.40. The molecular formula is C53H38N2. The first-order valence-electron chi connectivity index (χ1n) is 19.0. The quantitative estimate of drug-likeness (QED) is 0.172. The van der Waals surface area contributed by atoms with Crippen molar-refractivity contribution in [3.05, 3.63) is 205 Å². The van der Waals surface area contributed by atoms with E-state index in [0.29, 0.717) is 0 Å². The summed E-state index contributed by atoms with van der Waals surface area (Å²) in [6.45, 7) is 4.64. The van der Waals surface area contributed by atoms with E-state index in [2.05, 4.69) is 202 Å². The van der Waals surface area contributed by atoms with Gasteiger partial charge < -0.3 is 0 Å². The average molecular weight is 703 g/mol. The molecule has 0 fully saturated rings. The summed E-state index contributed by atoms with van der Waals surface area (Å²) < 4.78 is 0. The third-order valence-electron chi connectivity index (χ3n) is 11.2. The second-order valence-corrected chi connectivity index (χ2v) is 15.0. The highest BCUT2D eigenvalue weighted by Gasteiger charge is 2.40. The standard InChI is InChI=1S/C53H38N2/c1-53(2)48-34-42-23-13-12-22-41(42)33-47(48)51-49(53)50(54-52(55-51)37-20-10-5-11-21-37)43-27-15-25-39(29-43)38-24-14-26-40(28-38)46-31-44(35-16-6-3-7-17-35)30-45(32-46)36-18-8-4-9-19-36/h3-34H,1-2H3. The van der Waals surface area contributed by atoms with Gasteiger partial charge in [0.25, 0.3) is 0 Å². The van der Waals surface area contributed by atoms with Gasteiger partial charge >= 0.3 is 0 Å². The largest absolute Gasteiger partial charge is 0.228 e. The lowest BCUT2D eigenvalue weighted by molar-refractivity contribution is 0.658. The number of aromatic nitrogens is 2. The molecule has 0 saturated carbocycles. The SMILES string of the molecule is CC1(C)c2cc3ccccc3cc2-c2nc(-c3ccccc3)nc(-c3cccc(-c4cccc(-c5cc(-c6ccccc6)cc(-c6ccccc6)c5)c4)c3)c21. The topological polar surface area (TPSA) is 25.8 Å². The molecule has 55 heavy (non-hydrogen) atoms. The molecule has 0 unspecified atom stereocenters. The summed E-state index contributed by atoms with van der Waals surface area (Å²) in [6.07, 6.45) is 0. The van der Waals surface area contributed by atoms with Crippen LogP contribution in [0, 0.1) is 0 Å². The molecule has 0 spiro atoms. The maximum Gasteiger partial charge on any atom is 0.160 e. The lowest BCUT2D eigenvalue weighted by atomic mass is 9.80. The second kappa shape index (κ2) is 13.2. The highest BCUT2D eigenvalue weighted by atomic mass is 14.9. The van der Waals surface area contributed by atoms with Crippen molar-refractivity contribution in [1.82, 2.24) is 9.97 Å². The van der Waals surface area contributed by atoms with Crippen LogP contribution in [0.2, 0.25) is 0 Å². The lowest BCUT2D eigenvalue weighted by Gasteiger charge is -2.24. The average Bonchev–Trinajstić information content (AvgIpc) is 3.48.